The molecule has 1 aromatic rings. The van der Waals surface area contributed by atoms with Crippen molar-refractivity contribution in [1.82, 2.24) is 4.90 Å². The van der Waals surface area contributed by atoms with E-state index in [1.165, 1.54) is 0 Å². The monoisotopic (exact) mass is 271 g/mol. The molecule has 3 N–H and O–H groups in total. The minimum atomic E-state index is -0.876. The highest BCUT2D eigenvalue weighted by Crippen LogP contribution is 2.20. The van der Waals surface area contributed by atoms with Crippen LogP contribution in [0.4, 0.5) is 14.5 Å². The Hall–Kier alpha value is -1.69. The van der Waals surface area contributed by atoms with Crippen LogP contribution in [-0.2, 0) is 0 Å². The van der Waals surface area contributed by atoms with Crippen LogP contribution in [0.25, 0.3) is 0 Å². The highest BCUT2D eigenvalue weighted by molar-refractivity contribution is 5.94. The molecule has 0 radical (unpaired) electrons. The molecule has 6 heteroatoms. The third kappa shape index (κ3) is 3.64. The van der Waals surface area contributed by atoms with Crippen LogP contribution < -0.4 is 11.3 Å². The van der Waals surface area contributed by atoms with E-state index in [4.69, 9.17) is 5.84 Å². The van der Waals surface area contributed by atoms with E-state index >= 15 is 0 Å². The molecule has 19 heavy (non-hydrogen) atoms. The average Bonchev–Trinajstić information content (AvgIpc) is 2.37. The van der Waals surface area contributed by atoms with Crippen LogP contribution in [-0.4, -0.2) is 23.9 Å². The molecule has 1 rings (SSSR count). The Morgan fingerprint density at radius 1 is 1.21 bits per heavy atom. The lowest BCUT2D eigenvalue weighted by molar-refractivity contribution is 0.0754. The number of nitrogens with zero attached hydrogens (tertiary/aromatic N) is 1. The molecule has 106 valence electrons. The lowest BCUT2D eigenvalue weighted by atomic mass is 10.1. The second kappa shape index (κ2) is 7.04. The molecule has 0 atom stereocenters. The van der Waals surface area contributed by atoms with Crippen molar-refractivity contribution in [1.29, 1.82) is 0 Å². The molecule has 0 aliphatic heterocycles. The van der Waals surface area contributed by atoms with Gasteiger partial charge in [-0.3, -0.25) is 10.6 Å². The summed E-state index contributed by atoms with van der Waals surface area (Å²) in [4.78, 5) is 13.8. The van der Waals surface area contributed by atoms with E-state index in [2.05, 4.69) is 0 Å². The zero-order chi connectivity index (χ0) is 14.4. The van der Waals surface area contributed by atoms with Crippen molar-refractivity contribution in [2.45, 2.75) is 26.7 Å². The highest BCUT2D eigenvalue weighted by Gasteiger charge is 2.18. The van der Waals surface area contributed by atoms with Crippen LogP contribution in [0.1, 0.15) is 37.0 Å². The molecule has 0 unspecified atom stereocenters. The molecule has 0 aromatic heterocycles. The molecule has 0 aliphatic carbocycles. The molecule has 1 aromatic carbocycles. The van der Waals surface area contributed by atoms with E-state index in [1.54, 1.807) is 4.90 Å². The van der Waals surface area contributed by atoms with Gasteiger partial charge in [-0.1, -0.05) is 13.8 Å². The maximum atomic E-state index is 13.6. The summed E-state index contributed by atoms with van der Waals surface area (Å²) >= 11 is 0. The molecule has 0 saturated heterocycles. The van der Waals surface area contributed by atoms with Gasteiger partial charge in [0.25, 0.3) is 5.91 Å². The van der Waals surface area contributed by atoms with Crippen LogP contribution in [0, 0.1) is 11.6 Å². The molecule has 1 amide bonds. The highest BCUT2D eigenvalue weighted by atomic mass is 19.1. The van der Waals surface area contributed by atoms with Gasteiger partial charge in [-0.15, -0.1) is 0 Å². The van der Waals surface area contributed by atoms with Gasteiger partial charge in [0.05, 0.1) is 0 Å². The van der Waals surface area contributed by atoms with Crippen molar-refractivity contribution in [2.75, 3.05) is 18.5 Å². The first-order chi connectivity index (χ1) is 9.04. The van der Waals surface area contributed by atoms with E-state index in [9.17, 15) is 13.6 Å². The smallest absolute Gasteiger partial charge is 0.254 e. The molecule has 0 aliphatic rings. The fourth-order valence-corrected chi connectivity index (χ4v) is 1.87. The number of nitrogens with one attached hydrogen (secondary N) is 1. The van der Waals surface area contributed by atoms with Crippen molar-refractivity contribution in [3.8, 4) is 0 Å². The Balaban J connectivity index is 3.04. The first-order valence-corrected chi connectivity index (χ1v) is 6.30. The molecule has 0 spiro atoms. The summed E-state index contributed by atoms with van der Waals surface area (Å²) in [5, 5.41) is 0. The van der Waals surface area contributed by atoms with Gasteiger partial charge in [-0.2, -0.15) is 0 Å². The number of nitrogen functional groups attached to an aromatic ring is 1. The fourth-order valence-electron chi connectivity index (χ4n) is 1.87. The number of rotatable bonds is 6. The number of benzene rings is 1. The quantitative estimate of drug-likeness (QED) is 0.617. The second-order valence-corrected chi connectivity index (χ2v) is 4.25. The summed E-state index contributed by atoms with van der Waals surface area (Å²) in [5.74, 6) is 2.88. The van der Waals surface area contributed by atoms with E-state index < -0.39 is 17.3 Å². The first-order valence-electron chi connectivity index (χ1n) is 6.30. The van der Waals surface area contributed by atoms with Crippen molar-refractivity contribution >= 4 is 11.6 Å². The Bertz CT molecular complexity index is 423. The minimum Gasteiger partial charge on any atom is -0.339 e. The molecular weight excluding hydrogens is 252 g/mol. The Labute approximate surface area is 111 Å². The Morgan fingerprint density at radius 2 is 1.68 bits per heavy atom. The van der Waals surface area contributed by atoms with Crippen LogP contribution in [0.5, 0.6) is 0 Å². The van der Waals surface area contributed by atoms with Crippen LogP contribution in [0.3, 0.4) is 0 Å². The number of amides is 1. The van der Waals surface area contributed by atoms with Gasteiger partial charge in [0.15, 0.2) is 11.6 Å². The number of hydrogen-bond acceptors (Lipinski definition) is 3. The van der Waals surface area contributed by atoms with Crippen molar-refractivity contribution in [2.24, 2.45) is 5.84 Å². The van der Waals surface area contributed by atoms with Gasteiger partial charge >= 0.3 is 0 Å². The predicted octanol–water partition coefficient (Wildman–Crippen LogP) is 2.51. The zero-order valence-corrected chi connectivity index (χ0v) is 11.2. The van der Waals surface area contributed by atoms with Crippen molar-refractivity contribution < 1.29 is 13.6 Å². The second-order valence-electron chi connectivity index (χ2n) is 4.25. The average molecular weight is 271 g/mol. The van der Waals surface area contributed by atoms with Crippen molar-refractivity contribution in [3.63, 3.8) is 0 Å². The SMILES string of the molecule is CCCN(CCC)C(=O)c1cc(F)c(NN)c(F)c1. The maximum Gasteiger partial charge on any atom is 0.254 e. The molecule has 0 bridgehead atoms. The summed E-state index contributed by atoms with van der Waals surface area (Å²) < 4.78 is 27.1. The fraction of sp³-hybridized carbons (Fsp3) is 0.462. The number of carbonyl (C=O) groups excluding carboxylic acids is 1. The van der Waals surface area contributed by atoms with Crippen LogP contribution in [0.15, 0.2) is 12.1 Å². The predicted molar refractivity (Wildman–Crippen MR) is 70.7 cm³/mol. The van der Waals surface area contributed by atoms with Gasteiger partial charge in [-0.05, 0) is 25.0 Å². The summed E-state index contributed by atoms with van der Waals surface area (Å²) in [6.07, 6.45) is 1.58. The largest absolute Gasteiger partial charge is 0.339 e. The third-order valence-electron chi connectivity index (χ3n) is 2.71. The van der Waals surface area contributed by atoms with Crippen molar-refractivity contribution in [3.05, 3.63) is 29.3 Å². The zero-order valence-electron chi connectivity index (χ0n) is 11.2. The van der Waals surface area contributed by atoms with Gasteiger partial charge in [0.1, 0.15) is 5.69 Å². The first kappa shape index (κ1) is 15.4. The number of halogens is 2. The van der Waals surface area contributed by atoms with Crippen LogP contribution in [0.2, 0.25) is 0 Å². The topological polar surface area (TPSA) is 58.4 Å². The molecule has 0 saturated carbocycles. The Morgan fingerprint density at radius 3 is 2.05 bits per heavy atom. The maximum absolute atomic E-state index is 13.6. The molecule has 0 fully saturated rings. The summed E-state index contributed by atoms with van der Waals surface area (Å²) in [6, 6.07) is 2.00. The number of hydrogen-bond donors (Lipinski definition) is 2. The van der Waals surface area contributed by atoms with Gasteiger partial charge in [0, 0.05) is 18.7 Å². The number of nitrogens with two attached hydrogens (primary N) is 1. The van der Waals surface area contributed by atoms with Gasteiger partial charge in [-0.25, -0.2) is 8.78 Å². The van der Waals surface area contributed by atoms with E-state index in [-0.39, 0.29) is 11.5 Å². The molecule has 4 nitrogen and oxygen atoms in total. The van der Waals surface area contributed by atoms with Gasteiger partial charge in [0.2, 0.25) is 0 Å². The summed E-state index contributed by atoms with van der Waals surface area (Å²) in [5.41, 5.74) is 1.49. The van der Waals surface area contributed by atoms with Gasteiger partial charge < -0.3 is 10.3 Å². The lowest BCUT2D eigenvalue weighted by Crippen LogP contribution is -2.32. The molecule has 0 heterocycles. The third-order valence-corrected chi connectivity index (χ3v) is 2.71. The minimum absolute atomic E-state index is 0.00380. The lowest BCUT2D eigenvalue weighted by Gasteiger charge is -2.21. The standard InChI is InChI=1S/C13H19F2N3O/c1-3-5-18(6-4-2)13(19)9-7-10(14)12(17-16)11(15)8-9/h7-8,17H,3-6,16H2,1-2H3. The molecular formula is C13H19F2N3O. The van der Waals surface area contributed by atoms with Crippen LogP contribution >= 0.6 is 0 Å². The van der Waals surface area contributed by atoms with E-state index in [1.807, 2.05) is 19.3 Å². The summed E-state index contributed by atoms with van der Waals surface area (Å²) in [7, 11) is 0. The number of carbonyl (C=O) groups is 1. The number of hydrazine groups is 1. The summed E-state index contributed by atoms with van der Waals surface area (Å²) in [6.45, 7) is 5.01. The van der Waals surface area contributed by atoms with E-state index in [0.717, 1.165) is 25.0 Å². The number of anilines is 1. The Kier molecular flexibility index (Phi) is 5.69. The normalized spacial score (nSPS) is 10.4. The van der Waals surface area contributed by atoms with E-state index in [0.29, 0.717) is 13.1 Å².